The number of rotatable bonds is 5. The molecule has 0 heterocycles. The number of benzene rings is 1. The van der Waals surface area contributed by atoms with Gasteiger partial charge in [-0.2, -0.15) is 0 Å². The smallest absolute Gasteiger partial charge is 0.251 e. The van der Waals surface area contributed by atoms with E-state index in [1.54, 1.807) is 6.07 Å². The normalized spacial score (nSPS) is 9.78. The molecule has 98 valence electrons. The molecule has 0 unspecified atom stereocenters. The van der Waals surface area contributed by atoms with Gasteiger partial charge in [-0.1, -0.05) is 34.1 Å². The molecule has 0 fully saturated rings. The molecule has 0 aromatic heterocycles. The van der Waals surface area contributed by atoms with Gasteiger partial charge in [0.1, 0.15) is 0 Å². The lowest BCUT2D eigenvalue weighted by Gasteiger charge is -2.11. The molecule has 0 saturated heterocycles. The van der Waals surface area contributed by atoms with Crippen LogP contribution in [0.2, 0.25) is 5.02 Å². The van der Waals surface area contributed by atoms with Crippen molar-refractivity contribution in [2.75, 3.05) is 20.8 Å². The van der Waals surface area contributed by atoms with Crippen molar-refractivity contribution in [1.82, 2.24) is 5.32 Å². The molecule has 4 nitrogen and oxygen atoms in total. The van der Waals surface area contributed by atoms with Gasteiger partial charge in [0.25, 0.3) is 5.91 Å². The highest BCUT2D eigenvalue weighted by Crippen LogP contribution is 2.35. The fraction of sp³-hybridized carbons (Fsp3) is 0.250. The highest BCUT2D eigenvalue weighted by atomic mass is 79.9. The summed E-state index contributed by atoms with van der Waals surface area (Å²) >= 11 is 9.17. The van der Waals surface area contributed by atoms with Crippen LogP contribution in [0.1, 0.15) is 10.4 Å². The van der Waals surface area contributed by atoms with Gasteiger partial charge < -0.3 is 14.8 Å². The Morgan fingerprint density at radius 3 is 2.61 bits per heavy atom. The minimum absolute atomic E-state index is 0.265. The molecule has 0 aliphatic carbocycles. The van der Waals surface area contributed by atoms with Gasteiger partial charge in [-0.3, -0.25) is 4.79 Å². The number of carbonyl (C=O) groups excluding carboxylic acids is 1. The number of carbonyl (C=O) groups is 1. The summed E-state index contributed by atoms with van der Waals surface area (Å²) < 4.78 is 10.9. The highest BCUT2D eigenvalue weighted by Gasteiger charge is 2.14. The van der Waals surface area contributed by atoms with E-state index in [1.807, 2.05) is 0 Å². The van der Waals surface area contributed by atoms with Crippen molar-refractivity contribution in [2.45, 2.75) is 0 Å². The third-order valence-electron chi connectivity index (χ3n) is 2.14. The first-order valence-electron chi connectivity index (χ1n) is 5.02. The Balaban J connectivity index is 3.00. The molecule has 1 amide bonds. The Morgan fingerprint density at radius 2 is 2.11 bits per heavy atom. The second kappa shape index (κ2) is 6.66. The first kappa shape index (κ1) is 14.9. The van der Waals surface area contributed by atoms with Gasteiger partial charge in [-0.25, -0.2) is 0 Å². The van der Waals surface area contributed by atoms with Crippen LogP contribution in [0.15, 0.2) is 23.2 Å². The van der Waals surface area contributed by atoms with E-state index in [9.17, 15) is 4.79 Å². The van der Waals surface area contributed by atoms with Crippen molar-refractivity contribution in [3.8, 4) is 11.5 Å². The fourth-order valence-corrected chi connectivity index (χ4v) is 1.76. The van der Waals surface area contributed by atoms with Crippen LogP contribution in [0.5, 0.6) is 11.5 Å². The number of nitrogens with one attached hydrogen (secondary N) is 1. The maximum Gasteiger partial charge on any atom is 0.251 e. The van der Waals surface area contributed by atoms with Gasteiger partial charge in [0.05, 0.1) is 19.2 Å². The number of amides is 1. The van der Waals surface area contributed by atoms with E-state index in [1.165, 1.54) is 20.3 Å². The van der Waals surface area contributed by atoms with Crippen molar-refractivity contribution < 1.29 is 14.3 Å². The number of ether oxygens (including phenoxy) is 2. The van der Waals surface area contributed by atoms with E-state index in [0.29, 0.717) is 33.1 Å². The first-order chi connectivity index (χ1) is 8.49. The average molecular weight is 335 g/mol. The number of methoxy groups -OCH3 is 2. The summed E-state index contributed by atoms with van der Waals surface area (Å²) in [5, 5.41) is 2.99. The molecule has 1 aromatic rings. The molecule has 18 heavy (non-hydrogen) atoms. The van der Waals surface area contributed by atoms with Crippen molar-refractivity contribution in [2.24, 2.45) is 0 Å². The maximum atomic E-state index is 11.8. The molecule has 6 heteroatoms. The summed E-state index contributed by atoms with van der Waals surface area (Å²) in [6.45, 7) is 3.97. The van der Waals surface area contributed by atoms with E-state index in [2.05, 4.69) is 27.8 Å². The molecule has 0 aliphatic heterocycles. The van der Waals surface area contributed by atoms with E-state index >= 15 is 0 Å². The molecule has 0 radical (unpaired) electrons. The summed E-state index contributed by atoms with van der Waals surface area (Å²) in [5.41, 5.74) is 0.395. The van der Waals surface area contributed by atoms with Crippen LogP contribution in [0.3, 0.4) is 0 Å². The second-order valence-electron chi connectivity index (χ2n) is 3.39. The second-order valence-corrected chi connectivity index (χ2v) is 4.92. The van der Waals surface area contributed by atoms with E-state index in [-0.39, 0.29) is 5.91 Å². The Bertz CT molecular complexity index is 477. The Kier molecular flexibility index (Phi) is 5.50. The fourth-order valence-electron chi connectivity index (χ4n) is 1.33. The van der Waals surface area contributed by atoms with Gasteiger partial charge in [0, 0.05) is 16.6 Å². The summed E-state index contributed by atoms with van der Waals surface area (Å²) in [6, 6.07) is 3.09. The Labute approximate surface area is 119 Å². The molecular weight excluding hydrogens is 321 g/mol. The van der Waals surface area contributed by atoms with Gasteiger partial charge in [-0.15, -0.1) is 0 Å². The SMILES string of the molecule is C=C(Br)CNC(=O)c1cc(Cl)c(OC)c(OC)c1. The van der Waals surface area contributed by atoms with E-state index in [0.717, 1.165) is 0 Å². The minimum atomic E-state index is -0.265. The number of hydrogen-bond acceptors (Lipinski definition) is 3. The van der Waals surface area contributed by atoms with Crippen LogP contribution in [0.25, 0.3) is 0 Å². The Morgan fingerprint density at radius 1 is 1.44 bits per heavy atom. The zero-order valence-corrected chi connectivity index (χ0v) is 12.4. The van der Waals surface area contributed by atoms with Crippen LogP contribution in [0.4, 0.5) is 0 Å². The predicted octanol–water partition coefficient (Wildman–Crippen LogP) is 3.00. The topological polar surface area (TPSA) is 47.6 Å². The van der Waals surface area contributed by atoms with Gasteiger partial charge >= 0.3 is 0 Å². The standard InChI is InChI=1S/C12H13BrClNO3/c1-7(13)6-15-12(16)8-4-9(14)11(18-3)10(5-8)17-2/h4-5H,1,6H2,2-3H3,(H,15,16). The van der Waals surface area contributed by atoms with E-state index < -0.39 is 0 Å². The van der Waals surface area contributed by atoms with Crippen LogP contribution in [-0.4, -0.2) is 26.7 Å². The molecule has 0 spiro atoms. The maximum absolute atomic E-state index is 11.8. The van der Waals surface area contributed by atoms with Gasteiger partial charge in [0.15, 0.2) is 11.5 Å². The lowest BCUT2D eigenvalue weighted by atomic mass is 10.2. The molecule has 0 aliphatic rings. The molecule has 1 rings (SSSR count). The highest BCUT2D eigenvalue weighted by molar-refractivity contribution is 9.11. The molecule has 1 N–H and O–H groups in total. The summed E-state index contributed by atoms with van der Waals surface area (Å²) in [7, 11) is 2.97. The lowest BCUT2D eigenvalue weighted by molar-refractivity contribution is 0.0957. The third kappa shape index (κ3) is 3.65. The zero-order valence-electron chi connectivity index (χ0n) is 10.0. The van der Waals surface area contributed by atoms with E-state index in [4.69, 9.17) is 21.1 Å². The zero-order chi connectivity index (χ0) is 13.7. The van der Waals surface area contributed by atoms with Crippen LogP contribution in [-0.2, 0) is 0 Å². The van der Waals surface area contributed by atoms with Crippen molar-refractivity contribution in [3.63, 3.8) is 0 Å². The summed E-state index contributed by atoms with van der Waals surface area (Å²) in [4.78, 5) is 11.8. The third-order valence-corrected chi connectivity index (χ3v) is 2.70. The first-order valence-corrected chi connectivity index (χ1v) is 6.19. The molecular formula is C12H13BrClNO3. The summed E-state index contributed by atoms with van der Waals surface area (Å²) in [6.07, 6.45) is 0. The predicted molar refractivity (Wildman–Crippen MR) is 75.0 cm³/mol. The van der Waals surface area contributed by atoms with Crippen LogP contribution < -0.4 is 14.8 Å². The van der Waals surface area contributed by atoms with Gasteiger partial charge in [0.2, 0.25) is 0 Å². The number of halogens is 2. The quantitative estimate of drug-likeness (QED) is 0.900. The molecule has 0 atom stereocenters. The minimum Gasteiger partial charge on any atom is -0.493 e. The van der Waals surface area contributed by atoms with Gasteiger partial charge in [-0.05, 0) is 12.1 Å². The van der Waals surface area contributed by atoms with Crippen LogP contribution >= 0.6 is 27.5 Å². The lowest BCUT2D eigenvalue weighted by Crippen LogP contribution is -2.24. The van der Waals surface area contributed by atoms with Crippen molar-refractivity contribution in [1.29, 1.82) is 0 Å². The average Bonchev–Trinajstić information content (AvgIpc) is 2.34. The monoisotopic (exact) mass is 333 g/mol. The summed E-state index contributed by atoms with van der Waals surface area (Å²) in [5.74, 6) is 0.548. The number of hydrogen-bond donors (Lipinski definition) is 1. The van der Waals surface area contributed by atoms with Crippen LogP contribution in [0, 0.1) is 0 Å². The molecule has 0 bridgehead atoms. The largest absolute Gasteiger partial charge is 0.493 e. The molecule has 1 aromatic carbocycles. The van der Waals surface area contributed by atoms with Crippen molar-refractivity contribution >= 4 is 33.4 Å². The van der Waals surface area contributed by atoms with Crippen molar-refractivity contribution in [3.05, 3.63) is 33.8 Å². The molecule has 0 saturated carbocycles. The Hall–Kier alpha value is -1.20.